The summed E-state index contributed by atoms with van der Waals surface area (Å²) in [7, 11) is 0. The zero-order chi connectivity index (χ0) is 19.3. The van der Waals surface area contributed by atoms with E-state index in [1.54, 1.807) is 19.9 Å². The normalized spacial score (nSPS) is 12.5. The molecule has 0 aliphatic rings. The van der Waals surface area contributed by atoms with E-state index in [1.165, 1.54) is 5.56 Å². The molecule has 1 unspecified atom stereocenters. The first-order valence-electron chi connectivity index (χ1n) is 8.78. The van der Waals surface area contributed by atoms with E-state index in [9.17, 15) is 9.59 Å². The number of nitrogens with zero attached hydrogens (tertiary/aromatic N) is 1. The summed E-state index contributed by atoms with van der Waals surface area (Å²) in [6.07, 6.45) is 0.961. The predicted octanol–water partition coefficient (Wildman–Crippen LogP) is 3.36. The van der Waals surface area contributed by atoms with E-state index in [2.05, 4.69) is 60.8 Å². The maximum absolute atomic E-state index is 12.1. The monoisotopic (exact) mass is 357 g/mol. The Morgan fingerprint density at radius 1 is 1.19 bits per heavy atom. The van der Waals surface area contributed by atoms with Crippen LogP contribution in [0.2, 0.25) is 0 Å². The summed E-state index contributed by atoms with van der Waals surface area (Å²) in [4.78, 5) is 24.1. The maximum Gasteiger partial charge on any atom is 0.247 e. The summed E-state index contributed by atoms with van der Waals surface area (Å²) in [5.41, 5.74) is 2.48. The molecule has 0 radical (unpaired) electrons. The third-order valence-electron chi connectivity index (χ3n) is 4.11. The number of nitrogens with one attached hydrogen (secondary N) is 2. The van der Waals surface area contributed by atoms with E-state index in [-0.39, 0.29) is 17.2 Å². The Kier molecular flexibility index (Phi) is 6.18. The highest BCUT2D eigenvalue weighted by Crippen LogP contribution is 2.22. The first-order valence-corrected chi connectivity index (χ1v) is 8.78. The summed E-state index contributed by atoms with van der Waals surface area (Å²) < 4.78 is 4.89. The number of hydrogen-bond acceptors (Lipinski definition) is 4. The second-order valence-electron chi connectivity index (χ2n) is 7.55. The van der Waals surface area contributed by atoms with Gasteiger partial charge in [0.05, 0.1) is 0 Å². The molecule has 1 atom stereocenters. The largest absolute Gasteiger partial charge is 0.360 e. The molecule has 2 amide bonds. The van der Waals surface area contributed by atoms with Crippen LogP contribution < -0.4 is 10.6 Å². The number of hydrogen-bond donors (Lipinski definition) is 2. The molecule has 6 heteroatoms. The number of amides is 2. The molecule has 0 bridgehead atoms. The summed E-state index contributed by atoms with van der Waals surface area (Å²) in [6, 6.07) is 9.27. The van der Waals surface area contributed by atoms with Crippen LogP contribution in [0.1, 0.15) is 51.0 Å². The van der Waals surface area contributed by atoms with Crippen LogP contribution in [-0.2, 0) is 21.4 Å². The van der Waals surface area contributed by atoms with Crippen molar-refractivity contribution >= 4 is 17.6 Å². The van der Waals surface area contributed by atoms with Crippen molar-refractivity contribution in [1.29, 1.82) is 0 Å². The molecule has 0 saturated carbocycles. The molecule has 0 fully saturated rings. The van der Waals surface area contributed by atoms with Gasteiger partial charge in [0.2, 0.25) is 11.8 Å². The van der Waals surface area contributed by atoms with Crippen molar-refractivity contribution in [3.63, 3.8) is 0 Å². The fourth-order valence-electron chi connectivity index (χ4n) is 2.47. The zero-order valence-electron chi connectivity index (χ0n) is 16.1. The zero-order valence-corrected chi connectivity index (χ0v) is 16.1. The number of anilines is 1. The Hall–Kier alpha value is -2.63. The highest BCUT2D eigenvalue weighted by atomic mass is 16.5. The number of aryl methyl sites for hydroxylation is 2. The minimum absolute atomic E-state index is 0.112. The van der Waals surface area contributed by atoms with Gasteiger partial charge >= 0.3 is 0 Å². The average Bonchev–Trinajstić information content (AvgIpc) is 2.97. The Morgan fingerprint density at radius 2 is 1.85 bits per heavy atom. The number of aromatic nitrogens is 1. The van der Waals surface area contributed by atoms with Crippen LogP contribution in [0.25, 0.3) is 0 Å². The van der Waals surface area contributed by atoms with Crippen molar-refractivity contribution in [2.45, 2.75) is 58.9 Å². The smallest absolute Gasteiger partial charge is 0.247 e. The van der Waals surface area contributed by atoms with Gasteiger partial charge in [-0.25, -0.2) is 0 Å². The molecule has 1 aromatic heterocycles. The van der Waals surface area contributed by atoms with Crippen molar-refractivity contribution in [2.75, 3.05) is 5.32 Å². The van der Waals surface area contributed by atoms with E-state index < -0.39 is 6.04 Å². The first-order chi connectivity index (χ1) is 12.1. The van der Waals surface area contributed by atoms with Gasteiger partial charge in [-0.15, -0.1) is 0 Å². The van der Waals surface area contributed by atoms with Crippen LogP contribution in [0.5, 0.6) is 0 Å². The summed E-state index contributed by atoms with van der Waals surface area (Å²) in [5, 5.41) is 9.00. The standard InChI is InChI=1S/C20H27N3O3/c1-13-12-17(23-26-13)22-19(25)14(2)21-18(24)11-8-15-6-9-16(10-7-15)20(3,4)5/h6-7,9-10,12,14H,8,11H2,1-5H3,(H,21,24)(H,22,23,25). The predicted molar refractivity (Wildman–Crippen MR) is 101 cm³/mol. The molecule has 6 nitrogen and oxygen atoms in total. The van der Waals surface area contributed by atoms with Gasteiger partial charge in [0.25, 0.3) is 0 Å². The lowest BCUT2D eigenvalue weighted by Crippen LogP contribution is -2.41. The minimum Gasteiger partial charge on any atom is -0.360 e. The molecule has 1 heterocycles. The molecule has 1 aromatic carbocycles. The maximum atomic E-state index is 12.1. The van der Waals surface area contributed by atoms with E-state index in [4.69, 9.17) is 4.52 Å². The fraction of sp³-hybridized carbons (Fsp3) is 0.450. The van der Waals surface area contributed by atoms with Crippen molar-refractivity contribution in [3.05, 3.63) is 47.2 Å². The highest BCUT2D eigenvalue weighted by molar-refractivity contribution is 5.96. The second kappa shape index (κ2) is 8.17. The summed E-state index contributed by atoms with van der Waals surface area (Å²) >= 11 is 0. The van der Waals surface area contributed by atoms with Gasteiger partial charge in [-0.05, 0) is 36.8 Å². The Morgan fingerprint density at radius 3 is 2.38 bits per heavy atom. The Balaban J connectivity index is 1.79. The van der Waals surface area contributed by atoms with Crippen molar-refractivity contribution in [1.82, 2.24) is 10.5 Å². The molecule has 2 N–H and O–H groups in total. The number of carbonyl (C=O) groups excluding carboxylic acids is 2. The molecule has 0 spiro atoms. The van der Waals surface area contributed by atoms with Crippen molar-refractivity contribution in [2.24, 2.45) is 0 Å². The van der Waals surface area contributed by atoms with Crippen molar-refractivity contribution in [3.8, 4) is 0 Å². The third-order valence-corrected chi connectivity index (χ3v) is 4.11. The lowest BCUT2D eigenvalue weighted by molar-refractivity contribution is -0.126. The van der Waals surface area contributed by atoms with Gasteiger partial charge in [0.1, 0.15) is 11.8 Å². The number of carbonyl (C=O) groups is 2. The molecule has 0 saturated heterocycles. The van der Waals surface area contributed by atoms with Crippen LogP contribution in [0, 0.1) is 6.92 Å². The molecule has 26 heavy (non-hydrogen) atoms. The molecule has 0 aliphatic carbocycles. The first kappa shape index (κ1) is 19.7. The third kappa shape index (κ3) is 5.72. The fourth-order valence-corrected chi connectivity index (χ4v) is 2.47. The molecule has 140 valence electrons. The lowest BCUT2D eigenvalue weighted by Gasteiger charge is -2.19. The van der Waals surface area contributed by atoms with E-state index in [1.807, 2.05) is 0 Å². The number of benzene rings is 1. The van der Waals surface area contributed by atoms with Gasteiger partial charge < -0.3 is 15.2 Å². The molecular weight excluding hydrogens is 330 g/mol. The van der Waals surface area contributed by atoms with Crippen LogP contribution in [0.3, 0.4) is 0 Å². The molecule has 0 aliphatic heterocycles. The lowest BCUT2D eigenvalue weighted by atomic mass is 9.86. The SMILES string of the molecule is Cc1cc(NC(=O)C(C)NC(=O)CCc2ccc(C(C)(C)C)cc2)no1. The van der Waals surface area contributed by atoms with Crippen LogP contribution in [-0.4, -0.2) is 23.0 Å². The molecule has 2 rings (SSSR count). The van der Waals surface area contributed by atoms with Gasteiger partial charge in [0, 0.05) is 12.5 Å². The quantitative estimate of drug-likeness (QED) is 0.830. The van der Waals surface area contributed by atoms with Crippen LogP contribution >= 0.6 is 0 Å². The van der Waals surface area contributed by atoms with Crippen LogP contribution in [0.15, 0.2) is 34.9 Å². The summed E-state index contributed by atoms with van der Waals surface area (Å²) in [5.74, 6) is 0.451. The van der Waals surface area contributed by atoms with Crippen molar-refractivity contribution < 1.29 is 14.1 Å². The van der Waals surface area contributed by atoms with Gasteiger partial charge in [-0.2, -0.15) is 0 Å². The van der Waals surface area contributed by atoms with Gasteiger partial charge in [-0.1, -0.05) is 50.2 Å². The topological polar surface area (TPSA) is 84.2 Å². The van der Waals surface area contributed by atoms with Gasteiger partial charge in [0.15, 0.2) is 5.82 Å². The second-order valence-corrected chi connectivity index (χ2v) is 7.55. The van der Waals surface area contributed by atoms with E-state index in [0.29, 0.717) is 24.4 Å². The molecule has 2 aromatic rings. The van der Waals surface area contributed by atoms with E-state index >= 15 is 0 Å². The Bertz CT molecular complexity index is 757. The minimum atomic E-state index is -0.650. The number of rotatable bonds is 6. The highest BCUT2D eigenvalue weighted by Gasteiger charge is 2.17. The Labute approximate surface area is 154 Å². The van der Waals surface area contributed by atoms with E-state index in [0.717, 1.165) is 5.56 Å². The van der Waals surface area contributed by atoms with Gasteiger partial charge in [-0.3, -0.25) is 9.59 Å². The average molecular weight is 357 g/mol. The van der Waals surface area contributed by atoms with Crippen LogP contribution in [0.4, 0.5) is 5.82 Å². The molecular formula is C20H27N3O3. The summed E-state index contributed by atoms with van der Waals surface area (Å²) in [6.45, 7) is 9.88.